The van der Waals surface area contributed by atoms with Gasteiger partial charge in [0, 0.05) is 33.2 Å². The number of nitrogens with zero attached hydrogens (tertiary/aromatic N) is 5. The molecule has 0 saturated carbocycles. The van der Waals surface area contributed by atoms with Gasteiger partial charge in [-0.05, 0) is 13.3 Å². The van der Waals surface area contributed by atoms with Gasteiger partial charge in [-0.3, -0.25) is 4.90 Å². The quantitative estimate of drug-likeness (QED) is 0.866. The molecule has 0 aromatic carbocycles. The van der Waals surface area contributed by atoms with Crippen molar-refractivity contribution in [2.45, 2.75) is 25.5 Å². The molecule has 2 saturated heterocycles. The van der Waals surface area contributed by atoms with E-state index in [2.05, 4.69) is 14.9 Å². The van der Waals surface area contributed by atoms with E-state index in [1.807, 2.05) is 18.7 Å². The first-order valence-corrected chi connectivity index (χ1v) is 9.00. The molecule has 4 heterocycles. The van der Waals surface area contributed by atoms with E-state index < -0.39 is 0 Å². The van der Waals surface area contributed by atoms with Crippen molar-refractivity contribution in [2.24, 2.45) is 7.05 Å². The fraction of sp³-hybridized carbons (Fsp3) is 0.733. The van der Waals surface area contributed by atoms with Crippen molar-refractivity contribution >= 4 is 26.8 Å². The summed E-state index contributed by atoms with van der Waals surface area (Å²) < 4.78 is 8.45. The largest absolute Gasteiger partial charge is 0.389 e. The van der Waals surface area contributed by atoms with Crippen LogP contribution in [-0.4, -0.2) is 76.3 Å². The zero-order valence-electron chi connectivity index (χ0n) is 13.6. The van der Waals surface area contributed by atoms with E-state index in [-0.39, 0.29) is 12.1 Å². The van der Waals surface area contributed by atoms with E-state index in [4.69, 9.17) is 9.72 Å². The number of hydrogen-bond acceptors (Lipinski definition) is 7. The first kappa shape index (κ1) is 15.3. The van der Waals surface area contributed by atoms with Crippen LogP contribution < -0.4 is 4.90 Å². The molecule has 126 valence electrons. The third-order valence-electron chi connectivity index (χ3n) is 4.82. The summed E-state index contributed by atoms with van der Waals surface area (Å²) in [5.74, 6) is 0. The van der Waals surface area contributed by atoms with Crippen LogP contribution in [0.15, 0.2) is 0 Å². The highest BCUT2D eigenvalue weighted by Crippen LogP contribution is 2.31. The monoisotopic (exact) mass is 337 g/mol. The molecule has 0 amide bonds. The Balaban J connectivity index is 1.50. The van der Waals surface area contributed by atoms with Crippen LogP contribution in [-0.2, 0) is 11.8 Å². The summed E-state index contributed by atoms with van der Waals surface area (Å²) in [6.45, 7) is 7.05. The Morgan fingerprint density at radius 2 is 2.09 bits per heavy atom. The number of ether oxygens (including phenoxy) is 1. The van der Waals surface area contributed by atoms with Gasteiger partial charge < -0.3 is 14.7 Å². The minimum Gasteiger partial charge on any atom is -0.389 e. The van der Waals surface area contributed by atoms with Crippen LogP contribution in [0, 0.1) is 6.92 Å². The number of aliphatic hydroxyl groups is 1. The molecule has 0 radical (unpaired) electrons. The number of fused-ring (bicyclic) bond motifs is 1. The number of aromatic nitrogens is 3. The predicted octanol–water partition coefficient (Wildman–Crippen LogP) is 0.610. The average molecular weight is 337 g/mol. The third kappa shape index (κ3) is 2.73. The molecule has 2 aliphatic heterocycles. The summed E-state index contributed by atoms with van der Waals surface area (Å²) in [5.41, 5.74) is 2.03. The van der Waals surface area contributed by atoms with Crippen molar-refractivity contribution in [1.29, 1.82) is 0 Å². The molecule has 0 spiro atoms. The smallest absolute Gasteiger partial charge is 0.188 e. The second kappa shape index (κ2) is 6.01. The molecule has 2 aromatic rings. The van der Waals surface area contributed by atoms with Crippen LogP contribution in [0.3, 0.4) is 0 Å². The van der Waals surface area contributed by atoms with Crippen LogP contribution in [0.25, 0.3) is 10.3 Å². The Labute approximate surface area is 139 Å². The van der Waals surface area contributed by atoms with Crippen molar-refractivity contribution in [3.05, 3.63) is 5.69 Å². The van der Waals surface area contributed by atoms with E-state index in [0.29, 0.717) is 13.2 Å². The van der Waals surface area contributed by atoms with E-state index >= 15 is 0 Å². The summed E-state index contributed by atoms with van der Waals surface area (Å²) >= 11 is 1.73. The highest BCUT2D eigenvalue weighted by Gasteiger charge is 2.32. The average Bonchev–Trinajstić information content (AvgIpc) is 3.15. The predicted molar refractivity (Wildman–Crippen MR) is 90.1 cm³/mol. The van der Waals surface area contributed by atoms with Gasteiger partial charge in [-0.25, -0.2) is 9.67 Å². The molecule has 0 aliphatic carbocycles. The molecule has 8 heteroatoms. The molecule has 2 atom stereocenters. The molecule has 2 aromatic heterocycles. The van der Waals surface area contributed by atoms with Crippen LogP contribution in [0.1, 0.15) is 12.1 Å². The second-order valence-electron chi connectivity index (χ2n) is 6.41. The van der Waals surface area contributed by atoms with Crippen LogP contribution in [0.2, 0.25) is 0 Å². The van der Waals surface area contributed by atoms with Gasteiger partial charge >= 0.3 is 0 Å². The summed E-state index contributed by atoms with van der Waals surface area (Å²) in [5, 5.41) is 15.6. The topological polar surface area (TPSA) is 66.7 Å². The van der Waals surface area contributed by atoms with Crippen molar-refractivity contribution in [1.82, 2.24) is 19.7 Å². The van der Waals surface area contributed by atoms with Gasteiger partial charge in [-0.15, -0.1) is 0 Å². The number of hydrogen-bond donors (Lipinski definition) is 1. The van der Waals surface area contributed by atoms with Crippen LogP contribution >= 0.6 is 11.3 Å². The van der Waals surface area contributed by atoms with Gasteiger partial charge in [0.25, 0.3) is 0 Å². The number of rotatable bonds is 2. The number of aliphatic hydroxyl groups excluding tert-OH is 1. The van der Waals surface area contributed by atoms with E-state index in [1.165, 1.54) is 4.70 Å². The maximum Gasteiger partial charge on any atom is 0.188 e. The van der Waals surface area contributed by atoms with Gasteiger partial charge in [0.05, 0.1) is 35.8 Å². The van der Waals surface area contributed by atoms with Gasteiger partial charge in [-0.1, -0.05) is 11.3 Å². The summed E-state index contributed by atoms with van der Waals surface area (Å²) in [4.78, 5) is 9.53. The Hall–Kier alpha value is -1.22. The van der Waals surface area contributed by atoms with E-state index in [9.17, 15) is 5.11 Å². The second-order valence-corrected chi connectivity index (χ2v) is 7.38. The normalized spacial score (nSPS) is 27.0. The van der Waals surface area contributed by atoms with Crippen molar-refractivity contribution < 1.29 is 9.84 Å². The molecule has 0 bridgehead atoms. The van der Waals surface area contributed by atoms with E-state index in [0.717, 1.165) is 49.1 Å². The number of anilines is 1. The molecular weight excluding hydrogens is 314 g/mol. The highest BCUT2D eigenvalue weighted by molar-refractivity contribution is 7.22. The van der Waals surface area contributed by atoms with Crippen molar-refractivity contribution in [3.63, 3.8) is 0 Å². The fourth-order valence-corrected chi connectivity index (χ4v) is 4.63. The Morgan fingerprint density at radius 3 is 2.83 bits per heavy atom. The first-order chi connectivity index (χ1) is 11.1. The molecule has 1 N–H and O–H groups in total. The third-order valence-corrected chi connectivity index (χ3v) is 6.04. The molecule has 2 fully saturated rings. The fourth-order valence-electron chi connectivity index (χ4n) is 3.55. The minimum atomic E-state index is -0.349. The summed E-state index contributed by atoms with van der Waals surface area (Å²) in [6.07, 6.45) is 0.730. The molecule has 4 rings (SSSR count). The molecule has 23 heavy (non-hydrogen) atoms. The lowest BCUT2D eigenvalue weighted by molar-refractivity contribution is 0.0859. The number of thiazole rings is 1. The van der Waals surface area contributed by atoms with E-state index in [1.54, 1.807) is 11.3 Å². The van der Waals surface area contributed by atoms with Crippen molar-refractivity contribution in [3.8, 4) is 0 Å². The SMILES string of the molecule is Cc1nn(C)c2nc(N3CCCN(C4COCC4O)CC3)sc12. The molecule has 2 aliphatic rings. The maximum atomic E-state index is 10.0. The maximum absolute atomic E-state index is 10.0. The van der Waals surface area contributed by atoms with Gasteiger partial charge in [0.1, 0.15) is 0 Å². The zero-order valence-corrected chi connectivity index (χ0v) is 14.4. The summed E-state index contributed by atoms with van der Waals surface area (Å²) in [7, 11) is 1.95. The first-order valence-electron chi connectivity index (χ1n) is 8.18. The lowest BCUT2D eigenvalue weighted by Crippen LogP contribution is -2.44. The molecular formula is C15H23N5O2S. The Morgan fingerprint density at radius 1 is 1.22 bits per heavy atom. The Bertz CT molecular complexity index is 665. The number of aryl methyl sites for hydroxylation is 2. The van der Waals surface area contributed by atoms with Gasteiger partial charge in [0.2, 0.25) is 0 Å². The lowest BCUT2D eigenvalue weighted by atomic mass is 10.2. The van der Waals surface area contributed by atoms with Crippen LogP contribution in [0.5, 0.6) is 0 Å². The standard InChI is InChI=1S/C15H23N5O2S/c1-10-13-14(18(2)17-10)16-15(23-13)20-5-3-4-19(6-7-20)11-8-22-9-12(11)21/h11-12,21H,3-9H2,1-2H3. The van der Waals surface area contributed by atoms with Gasteiger partial charge in [0.15, 0.2) is 10.8 Å². The van der Waals surface area contributed by atoms with Crippen molar-refractivity contribution in [2.75, 3.05) is 44.3 Å². The lowest BCUT2D eigenvalue weighted by Gasteiger charge is -2.28. The summed E-state index contributed by atoms with van der Waals surface area (Å²) in [6, 6.07) is 0.150. The van der Waals surface area contributed by atoms with Gasteiger partial charge in [-0.2, -0.15) is 5.10 Å². The minimum absolute atomic E-state index is 0.150. The Kier molecular flexibility index (Phi) is 4.00. The highest BCUT2D eigenvalue weighted by atomic mass is 32.1. The molecule has 7 nitrogen and oxygen atoms in total. The molecule has 2 unspecified atom stereocenters. The van der Waals surface area contributed by atoms with Crippen LogP contribution in [0.4, 0.5) is 5.13 Å². The zero-order chi connectivity index (χ0) is 16.0.